The van der Waals surface area contributed by atoms with Crippen molar-refractivity contribution in [3.05, 3.63) is 0 Å². The lowest BCUT2D eigenvalue weighted by Crippen LogP contribution is -2.12. The van der Waals surface area contributed by atoms with Gasteiger partial charge in [0.05, 0.1) is 18.0 Å². The Kier molecular flexibility index (Phi) is 3.50. The molecule has 6 heteroatoms. The Hall–Kier alpha value is -1.09. The molecule has 96 valence electrons. The van der Waals surface area contributed by atoms with E-state index >= 15 is 0 Å². The third kappa shape index (κ3) is 2.24. The van der Waals surface area contributed by atoms with E-state index in [-0.39, 0.29) is 5.92 Å². The van der Waals surface area contributed by atoms with E-state index in [2.05, 4.69) is 21.6 Å². The second-order valence-electron chi connectivity index (χ2n) is 5.17. The van der Waals surface area contributed by atoms with Crippen molar-refractivity contribution in [3.8, 4) is 6.07 Å². The van der Waals surface area contributed by atoms with Gasteiger partial charge in [0.25, 0.3) is 0 Å². The zero-order valence-electron chi connectivity index (χ0n) is 10.3. The topological polar surface area (TPSA) is 67.4 Å². The van der Waals surface area contributed by atoms with E-state index in [1.165, 1.54) is 25.7 Å². The van der Waals surface area contributed by atoms with Crippen molar-refractivity contribution in [3.63, 3.8) is 0 Å². The number of nitriles is 1. The molecule has 2 aliphatic carbocycles. The molecule has 0 aliphatic heterocycles. The maximum absolute atomic E-state index is 9.12. The molecule has 0 N–H and O–H groups in total. The second kappa shape index (κ2) is 5.27. The van der Waals surface area contributed by atoms with Crippen LogP contribution in [0.25, 0.3) is 0 Å². The Bertz CT molecular complexity index is 446. The van der Waals surface area contributed by atoms with E-state index < -0.39 is 0 Å². The number of tetrazole rings is 1. The van der Waals surface area contributed by atoms with Gasteiger partial charge in [0.1, 0.15) is 0 Å². The summed E-state index contributed by atoms with van der Waals surface area (Å²) in [5.74, 6) is 0.170. The van der Waals surface area contributed by atoms with E-state index in [1.807, 2.05) is 4.68 Å². The first-order chi connectivity index (χ1) is 8.88. The molecule has 0 amide bonds. The minimum Gasteiger partial charge on any atom is -0.217 e. The van der Waals surface area contributed by atoms with Crippen LogP contribution < -0.4 is 0 Å². The third-order valence-corrected chi connectivity index (χ3v) is 5.35. The molecule has 0 radical (unpaired) electrons. The third-order valence-electron chi connectivity index (χ3n) is 4.01. The molecule has 1 heterocycles. The predicted octanol–water partition coefficient (Wildman–Crippen LogP) is 2.57. The fraction of sp³-hybridized carbons (Fsp3) is 0.833. The van der Waals surface area contributed by atoms with Gasteiger partial charge in [0.2, 0.25) is 5.16 Å². The first-order valence-corrected chi connectivity index (χ1v) is 7.60. The molecular formula is C12H17N5S. The molecule has 1 aromatic rings. The molecule has 2 atom stereocenters. The Labute approximate surface area is 111 Å². The summed E-state index contributed by atoms with van der Waals surface area (Å²) in [5, 5.41) is 22.5. The SMILES string of the molecule is N#CC1CCCC1Sc1nnnn1C1CCCC1. The maximum Gasteiger partial charge on any atom is 0.209 e. The quantitative estimate of drug-likeness (QED) is 0.838. The van der Waals surface area contributed by atoms with E-state index in [1.54, 1.807) is 11.8 Å². The van der Waals surface area contributed by atoms with Crippen LogP contribution in [0.2, 0.25) is 0 Å². The lowest BCUT2D eigenvalue weighted by molar-refractivity contribution is 0.422. The van der Waals surface area contributed by atoms with Crippen LogP contribution in [0, 0.1) is 17.2 Å². The van der Waals surface area contributed by atoms with Gasteiger partial charge in [0.15, 0.2) is 0 Å². The van der Waals surface area contributed by atoms with Gasteiger partial charge in [-0.3, -0.25) is 0 Å². The number of hydrogen-bond acceptors (Lipinski definition) is 5. The van der Waals surface area contributed by atoms with Gasteiger partial charge >= 0.3 is 0 Å². The lowest BCUT2D eigenvalue weighted by Gasteiger charge is -2.15. The van der Waals surface area contributed by atoms with E-state index in [4.69, 9.17) is 5.26 Å². The molecule has 2 aliphatic rings. The summed E-state index contributed by atoms with van der Waals surface area (Å²) in [6.07, 6.45) is 8.22. The summed E-state index contributed by atoms with van der Waals surface area (Å²) < 4.78 is 1.99. The zero-order chi connectivity index (χ0) is 12.4. The fourth-order valence-corrected chi connectivity index (χ4v) is 4.28. The zero-order valence-corrected chi connectivity index (χ0v) is 11.1. The average Bonchev–Trinajstić information content (AvgIpc) is 3.09. The molecule has 0 aromatic carbocycles. The summed E-state index contributed by atoms with van der Waals surface area (Å²) in [5.41, 5.74) is 0. The second-order valence-corrected chi connectivity index (χ2v) is 6.37. The average molecular weight is 263 g/mol. The molecule has 2 saturated carbocycles. The molecule has 0 bridgehead atoms. The molecule has 5 nitrogen and oxygen atoms in total. The highest BCUT2D eigenvalue weighted by Crippen LogP contribution is 2.39. The van der Waals surface area contributed by atoms with Crippen molar-refractivity contribution in [1.82, 2.24) is 20.2 Å². The Morgan fingerprint density at radius 3 is 2.78 bits per heavy atom. The molecule has 2 unspecified atom stereocenters. The smallest absolute Gasteiger partial charge is 0.209 e. The van der Waals surface area contributed by atoms with Crippen LogP contribution in [0.3, 0.4) is 0 Å². The highest BCUT2D eigenvalue weighted by atomic mass is 32.2. The molecule has 0 saturated heterocycles. The van der Waals surface area contributed by atoms with Crippen LogP contribution in [-0.2, 0) is 0 Å². The van der Waals surface area contributed by atoms with Gasteiger partial charge in [0, 0.05) is 5.25 Å². The highest BCUT2D eigenvalue weighted by Gasteiger charge is 2.31. The molecule has 18 heavy (non-hydrogen) atoms. The van der Waals surface area contributed by atoms with Crippen molar-refractivity contribution in [2.24, 2.45) is 5.92 Å². The van der Waals surface area contributed by atoms with Crippen LogP contribution in [0.15, 0.2) is 5.16 Å². The first kappa shape index (κ1) is 12.0. The standard InChI is InChI=1S/C12H17N5S/c13-8-9-4-3-7-11(9)18-12-14-15-16-17(12)10-5-1-2-6-10/h9-11H,1-7H2. The van der Waals surface area contributed by atoms with Gasteiger partial charge in [-0.15, -0.1) is 5.10 Å². The molecule has 1 aromatic heterocycles. The summed E-state index contributed by atoms with van der Waals surface area (Å²) in [6, 6.07) is 2.89. The monoisotopic (exact) mass is 263 g/mol. The van der Waals surface area contributed by atoms with Gasteiger partial charge in [-0.05, 0) is 36.1 Å². The summed E-state index contributed by atoms with van der Waals surface area (Å²) in [7, 11) is 0. The van der Waals surface area contributed by atoms with Gasteiger partial charge in [-0.1, -0.05) is 31.0 Å². The Morgan fingerprint density at radius 1 is 1.17 bits per heavy atom. The van der Waals surface area contributed by atoms with Crippen LogP contribution in [-0.4, -0.2) is 25.5 Å². The summed E-state index contributed by atoms with van der Waals surface area (Å²) in [6.45, 7) is 0. The van der Waals surface area contributed by atoms with E-state index in [0.717, 1.165) is 24.4 Å². The number of hydrogen-bond donors (Lipinski definition) is 0. The Morgan fingerprint density at radius 2 is 2.00 bits per heavy atom. The van der Waals surface area contributed by atoms with E-state index in [9.17, 15) is 0 Å². The normalized spacial score (nSPS) is 28.6. The largest absolute Gasteiger partial charge is 0.217 e. The lowest BCUT2D eigenvalue weighted by atomic mass is 10.1. The summed E-state index contributed by atoms with van der Waals surface area (Å²) >= 11 is 1.71. The Balaban J connectivity index is 1.73. The number of aromatic nitrogens is 4. The first-order valence-electron chi connectivity index (χ1n) is 6.72. The molecule has 0 spiro atoms. The fourth-order valence-electron chi connectivity index (χ4n) is 2.99. The molecule has 3 rings (SSSR count). The van der Waals surface area contributed by atoms with Crippen LogP contribution in [0.5, 0.6) is 0 Å². The van der Waals surface area contributed by atoms with Crippen LogP contribution >= 0.6 is 11.8 Å². The van der Waals surface area contributed by atoms with Gasteiger partial charge in [-0.2, -0.15) is 5.26 Å². The minimum atomic E-state index is 0.170. The molecular weight excluding hydrogens is 246 g/mol. The van der Waals surface area contributed by atoms with Crippen molar-refractivity contribution < 1.29 is 0 Å². The van der Waals surface area contributed by atoms with E-state index in [0.29, 0.717) is 11.3 Å². The van der Waals surface area contributed by atoms with Gasteiger partial charge < -0.3 is 0 Å². The van der Waals surface area contributed by atoms with Crippen molar-refractivity contribution in [1.29, 1.82) is 5.26 Å². The number of rotatable bonds is 3. The van der Waals surface area contributed by atoms with Crippen LogP contribution in [0.4, 0.5) is 0 Å². The number of nitrogens with zero attached hydrogens (tertiary/aromatic N) is 5. The van der Waals surface area contributed by atoms with Gasteiger partial charge in [-0.25, -0.2) is 4.68 Å². The summed E-state index contributed by atoms with van der Waals surface area (Å²) in [4.78, 5) is 0. The maximum atomic E-state index is 9.12. The predicted molar refractivity (Wildman–Crippen MR) is 67.9 cm³/mol. The minimum absolute atomic E-state index is 0.170. The van der Waals surface area contributed by atoms with Crippen molar-refractivity contribution in [2.75, 3.05) is 0 Å². The van der Waals surface area contributed by atoms with Crippen LogP contribution in [0.1, 0.15) is 51.0 Å². The van der Waals surface area contributed by atoms with Crippen molar-refractivity contribution >= 4 is 11.8 Å². The highest BCUT2D eigenvalue weighted by molar-refractivity contribution is 7.99. The number of thioether (sulfide) groups is 1. The van der Waals surface area contributed by atoms with Crippen molar-refractivity contribution in [2.45, 2.75) is 61.4 Å². The molecule has 2 fully saturated rings.